The fourth-order valence-electron chi connectivity index (χ4n) is 2.76. The minimum atomic E-state index is -0.0177. The minimum absolute atomic E-state index is 0.0177. The van der Waals surface area contributed by atoms with Crippen LogP contribution in [0.1, 0.15) is 42.6 Å². The van der Waals surface area contributed by atoms with Crippen LogP contribution in [-0.4, -0.2) is 14.8 Å². The van der Waals surface area contributed by atoms with Crippen LogP contribution in [0.15, 0.2) is 12.7 Å². The van der Waals surface area contributed by atoms with E-state index in [2.05, 4.69) is 6.58 Å². The maximum absolute atomic E-state index is 10.1. The number of fused-ring (bicyclic) bond motifs is 5. The monoisotopic (exact) mass is 221 g/mol. The van der Waals surface area contributed by atoms with Gasteiger partial charge in [0.1, 0.15) is 0 Å². The molecule has 4 nitrogen and oxygen atoms in total. The number of aromatic hydroxyl groups is 2. The maximum atomic E-state index is 10.1. The van der Waals surface area contributed by atoms with E-state index >= 15 is 0 Å². The van der Waals surface area contributed by atoms with Crippen LogP contribution >= 0.6 is 0 Å². The van der Waals surface area contributed by atoms with Crippen molar-refractivity contribution in [1.82, 2.24) is 4.57 Å². The van der Waals surface area contributed by atoms with Crippen molar-refractivity contribution in [2.75, 3.05) is 0 Å². The third-order valence-electron chi connectivity index (χ3n) is 3.50. The molecule has 0 radical (unpaired) electrons. The van der Waals surface area contributed by atoms with Gasteiger partial charge in [-0.3, -0.25) is 4.57 Å². The summed E-state index contributed by atoms with van der Waals surface area (Å²) in [4.78, 5) is 0. The lowest BCUT2D eigenvalue weighted by Crippen LogP contribution is -1.98. The Balaban J connectivity index is 2.06. The molecule has 0 aliphatic carbocycles. The highest BCUT2D eigenvalue weighted by atomic mass is 16.5. The van der Waals surface area contributed by atoms with E-state index in [0.717, 1.165) is 30.4 Å². The fourth-order valence-corrected chi connectivity index (χ4v) is 2.76. The van der Waals surface area contributed by atoms with Gasteiger partial charge in [0.25, 0.3) is 0 Å². The molecule has 0 saturated carbocycles. The molecule has 1 fully saturated rings. The zero-order valence-corrected chi connectivity index (χ0v) is 9.02. The van der Waals surface area contributed by atoms with Crippen molar-refractivity contribution in [3.05, 3.63) is 23.8 Å². The lowest BCUT2D eigenvalue weighted by atomic mass is 9.95. The van der Waals surface area contributed by atoms with Gasteiger partial charge < -0.3 is 14.9 Å². The second-order valence-electron chi connectivity index (χ2n) is 4.39. The number of allylic oxidation sites excluding steroid dienone is 1. The lowest BCUT2D eigenvalue weighted by Gasteiger charge is -2.08. The second-order valence-corrected chi connectivity index (χ2v) is 4.39. The molecular weight excluding hydrogens is 206 g/mol. The molecule has 16 heavy (non-hydrogen) atoms. The van der Waals surface area contributed by atoms with E-state index in [4.69, 9.17) is 4.74 Å². The normalized spacial score (nSPS) is 26.0. The van der Waals surface area contributed by atoms with Crippen LogP contribution in [-0.2, 0) is 11.3 Å². The maximum Gasteiger partial charge on any atom is 0.200 e. The average Bonchev–Trinajstić information content (AvgIpc) is 2.92. The second kappa shape index (κ2) is 3.28. The first kappa shape index (κ1) is 9.78. The largest absolute Gasteiger partial charge is 0.494 e. The molecule has 0 amide bonds. The first-order valence-corrected chi connectivity index (χ1v) is 5.64. The Morgan fingerprint density at radius 1 is 1.25 bits per heavy atom. The Kier molecular flexibility index (Phi) is 2.01. The molecular formula is C12H15NO3. The smallest absolute Gasteiger partial charge is 0.200 e. The summed E-state index contributed by atoms with van der Waals surface area (Å²) in [5, 5.41) is 20.1. The van der Waals surface area contributed by atoms with E-state index in [1.165, 1.54) is 0 Å². The van der Waals surface area contributed by atoms with Crippen LogP contribution < -0.4 is 0 Å². The van der Waals surface area contributed by atoms with Gasteiger partial charge in [0, 0.05) is 6.54 Å². The van der Waals surface area contributed by atoms with Crippen molar-refractivity contribution in [3.63, 3.8) is 0 Å². The molecule has 1 aromatic rings. The van der Waals surface area contributed by atoms with Crippen molar-refractivity contribution in [3.8, 4) is 11.8 Å². The molecule has 2 atom stereocenters. The zero-order valence-electron chi connectivity index (χ0n) is 9.02. The topological polar surface area (TPSA) is 54.6 Å². The van der Waals surface area contributed by atoms with Gasteiger partial charge in [0.15, 0.2) is 11.8 Å². The van der Waals surface area contributed by atoms with E-state index in [1.54, 1.807) is 10.6 Å². The molecule has 86 valence electrons. The summed E-state index contributed by atoms with van der Waals surface area (Å²) in [7, 11) is 0. The summed E-state index contributed by atoms with van der Waals surface area (Å²) in [6.07, 6.45) is 4.35. The highest BCUT2D eigenvalue weighted by Crippen LogP contribution is 2.57. The van der Waals surface area contributed by atoms with Crippen LogP contribution in [0.4, 0.5) is 0 Å². The SMILES string of the molecule is C=CCCn1c(O)c2c(c1O)[C@H]1CC[C@@H]2O1. The quantitative estimate of drug-likeness (QED) is 0.770. The zero-order chi connectivity index (χ0) is 11.3. The van der Waals surface area contributed by atoms with Crippen LogP contribution in [0, 0.1) is 0 Å². The van der Waals surface area contributed by atoms with Crippen molar-refractivity contribution in [2.24, 2.45) is 0 Å². The number of hydrogen-bond acceptors (Lipinski definition) is 3. The van der Waals surface area contributed by atoms with Crippen LogP contribution in [0.3, 0.4) is 0 Å². The molecule has 4 heteroatoms. The molecule has 0 aromatic carbocycles. The molecule has 2 bridgehead atoms. The summed E-state index contributed by atoms with van der Waals surface area (Å²) in [5.74, 6) is 0.336. The Bertz CT molecular complexity index is 416. The van der Waals surface area contributed by atoms with Gasteiger partial charge in [0.2, 0.25) is 0 Å². The molecule has 3 rings (SSSR count). The molecule has 3 heterocycles. The first-order valence-electron chi connectivity index (χ1n) is 5.64. The van der Waals surface area contributed by atoms with Crippen LogP contribution in [0.25, 0.3) is 0 Å². The van der Waals surface area contributed by atoms with Gasteiger partial charge >= 0.3 is 0 Å². The Hall–Kier alpha value is -1.42. The summed E-state index contributed by atoms with van der Waals surface area (Å²) in [6.45, 7) is 4.20. The number of hydrogen-bond donors (Lipinski definition) is 2. The molecule has 1 aromatic heterocycles. The number of ether oxygens (including phenoxy) is 1. The average molecular weight is 221 g/mol. The van der Waals surface area contributed by atoms with Crippen molar-refractivity contribution in [1.29, 1.82) is 0 Å². The van der Waals surface area contributed by atoms with Gasteiger partial charge in [-0.2, -0.15) is 0 Å². The third-order valence-corrected chi connectivity index (χ3v) is 3.50. The van der Waals surface area contributed by atoms with Gasteiger partial charge in [-0.15, -0.1) is 6.58 Å². The number of rotatable bonds is 3. The van der Waals surface area contributed by atoms with Crippen molar-refractivity contribution < 1.29 is 14.9 Å². The van der Waals surface area contributed by atoms with E-state index < -0.39 is 0 Å². The molecule has 2 N–H and O–H groups in total. The van der Waals surface area contributed by atoms with E-state index in [0.29, 0.717) is 6.54 Å². The van der Waals surface area contributed by atoms with E-state index in [1.807, 2.05) is 0 Å². The van der Waals surface area contributed by atoms with E-state index in [9.17, 15) is 10.2 Å². The van der Waals surface area contributed by atoms with Gasteiger partial charge in [0.05, 0.1) is 23.3 Å². The fraction of sp³-hybridized carbons (Fsp3) is 0.500. The molecule has 0 spiro atoms. The molecule has 2 aliphatic rings. The Labute approximate surface area is 93.8 Å². The van der Waals surface area contributed by atoms with Gasteiger partial charge in [-0.1, -0.05) is 6.08 Å². The van der Waals surface area contributed by atoms with Crippen molar-refractivity contribution >= 4 is 0 Å². The summed E-state index contributed by atoms with van der Waals surface area (Å²) >= 11 is 0. The number of aromatic nitrogens is 1. The highest BCUT2D eigenvalue weighted by Gasteiger charge is 2.45. The predicted octanol–water partition coefficient (Wildman–Crippen LogP) is 2.38. The number of nitrogens with zero attached hydrogens (tertiary/aromatic N) is 1. The van der Waals surface area contributed by atoms with E-state index in [-0.39, 0.29) is 24.0 Å². The highest BCUT2D eigenvalue weighted by molar-refractivity contribution is 5.51. The molecule has 2 aliphatic heterocycles. The summed E-state index contributed by atoms with van der Waals surface area (Å²) in [6, 6.07) is 0. The predicted molar refractivity (Wildman–Crippen MR) is 58.4 cm³/mol. The summed E-state index contributed by atoms with van der Waals surface area (Å²) < 4.78 is 7.21. The van der Waals surface area contributed by atoms with Crippen LogP contribution in [0.2, 0.25) is 0 Å². The third kappa shape index (κ3) is 1.08. The molecule has 0 unspecified atom stereocenters. The van der Waals surface area contributed by atoms with Crippen molar-refractivity contribution in [2.45, 2.75) is 38.0 Å². The van der Waals surface area contributed by atoms with Gasteiger partial charge in [-0.25, -0.2) is 0 Å². The first-order chi connectivity index (χ1) is 7.74. The Morgan fingerprint density at radius 2 is 1.81 bits per heavy atom. The molecule has 1 saturated heterocycles. The lowest BCUT2D eigenvalue weighted by molar-refractivity contribution is 0.0678. The van der Waals surface area contributed by atoms with Crippen LogP contribution in [0.5, 0.6) is 11.8 Å². The van der Waals surface area contributed by atoms with Gasteiger partial charge in [-0.05, 0) is 19.3 Å². The standard InChI is InChI=1S/C12H15NO3/c1-2-3-6-13-11(14)9-7-4-5-8(16-7)10(9)12(13)15/h2,7-8,14-15H,1,3-6H2/t7-,8+. The Morgan fingerprint density at radius 3 is 2.31 bits per heavy atom. The summed E-state index contributed by atoms with van der Waals surface area (Å²) in [5.41, 5.74) is 1.61. The minimum Gasteiger partial charge on any atom is -0.494 e.